The molecule has 1 aliphatic carbocycles. The van der Waals surface area contributed by atoms with Gasteiger partial charge in [0, 0.05) is 112 Å². The standard InChI is InChI=1S/C63H79FN6O16/c1-29-13-12-14-30(2)61(79)67-48-41(26-65-69-22-18-38(19-23-69)66-35(7)37-17-21-68(27-37)50-43(64)25-40-49(59(50)83-11)70(39-15-16-39)28-42(54(40)75)62(80)81)55(76)45-46(56(48)77)53(74)34(6)58-47(45)60(78)63(9,86-58)84-24-20-44(82-10)31(3)57(85-36(8)71)33(5)52(73)32(4)51(29)72/h12-14,20,24-26,28-29,31-33,35,37-39,44,51-52,57,66,72-74,76-77H,15-19,21-23,27H2,1-11H3,(H,67,79)(H,80,81)/b13-12+,24-20+,30-14-,65-26+/t29-,31-,32-,33-,35?,37?,44+,51+,52-,57-,63+/m1/s1. The van der Waals surface area contributed by atoms with Gasteiger partial charge in [0.25, 0.3) is 11.7 Å². The molecule has 6 aliphatic rings. The van der Waals surface area contributed by atoms with E-state index in [0.29, 0.717) is 44.5 Å². The number of aromatic hydroxyl groups is 3. The van der Waals surface area contributed by atoms with Gasteiger partial charge in [0.15, 0.2) is 17.3 Å². The smallest absolute Gasteiger partial charge is 0.341 e. The number of hydrogen-bond donors (Lipinski definition) is 8. The number of halogens is 1. The van der Waals surface area contributed by atoms with Gasteiger partial charge in [0.05, 0.1) is 71.0 Å². The number of aliphatic hydroxyl groups is 2. The summed E-state index contributed by atoms with van der Waals surface area (Å²) < 4.78 is 47.7. The average molecular weight is 1200 g/mol. The first-order valence-corrected chi connectivity index (χ1v) is 29.3. The molecule has 86 heavy (non-hydrogen) atoms. The van der Waals surface area contributed by atoms with Crippen molar-refractivity contribution in [1.29, 1.82) is 0 Å². The van der Waals surface area contributed by atoms with Gasteiger partial charge in [-0.1, -0.05) is 45.9 Å². The Labute approximate surface area is 497 Å². The molecule has 3 fully saturated rings. The summed E-state index contributed by atoms with van der Waals surface area (Å²) in [5.74, 6) is -10.7. The number of carboxylic acid groups (broad SMARTS) is 1. The molecule has 0 spiro atoms. The van der Waals surface area contributed by atoms with Crippen LogP contribution in [0.25, 0.3) is 21.7 Å². The van der Waals surface area contributed by atoms with Crippen LogP contribution in [0.1, 0.15) is 125 Å². The predicted octanol–water partition coefficient (Wildman–Crippen LogP) is 7.55. The van der Waals surface area contributed by atoms with Gasteiger partial charge in [-0.25, -0.2) is 9.18 Å². The minimum atomic E-state index is -2.12. The molecule has 1 aromatic heterocycles. The molecule has 23 heteroatoms. The van der Waals surface area contributed by atoms with Crippen molar-refractivity contribution in [3.63, 3.8) is 0 Å². The number of aromatic nitrogens is 1. The number of benzene rings is 3. The first-order chi connectivity index (χ1) is 40.7. The van der Waals surface area contributed by atoms with Crippen LogP contribution in [-0.2, 0) is 23.8 Å². The molecule has 1 saturated carbocycles. The number of allylic oxidation sites excluding steroid dienone is 2. The number of piperidine rings is 1. The number of nitrogens with zero attached hydrogens (tertiary/aromatic N) is 4. The van der Waals surface area contributed by atoms with Crippen molar-refractivity contribution in [3.05, 3.63) is 86.7 Å². The maximum atomic E-state index is 16.2. The molecule has 4 aromatic rings. The van der Waals surface area contributed by atoms with Crippen molar-refractivity contribution in [3.8, 4) is 28.7 Å². The predicted molar refractivity (Wildman–Crippen MR) is 319 cm³/mol. The third-order valence-electron chi connectivity index (χ3n) is 18.2. The van der Waals surface area contributed by atoms with E-state index in [9.17, 15) is 54.6 Å². The number of rotatable bonds is 11. The fourth-order valence-corrected chi connectivity index (χ4v) is 12.8. The number of hydrogen-bond acceptors (Lipinski definition) is 19. The van der Waals surface area contributed by atoms with Crippen molar-refractivity contribution < 1.29 is 77.9 Å². The van der Waals surface area contributed by atoms with Gasteiger partial charge in [-0.2, -0.15) is 5.10 Å². The van der Waals surface area contributed by atoms with Gasteiger partial charge in [0.1, 0.15) is 34.6 Å². The Morgan fingerprint density at radius 3 is 2.27 bits per heavy atom. The van der Waals surface area contributed by atoms with Crippen LogP contribution in [-0.4, -0.2) is 153 Å². The zero-order chi connectivity index (χ0) is 62.5. The maximum absolute atomic E-state index is 16.2. The number of ether oxygens (including phenoxy) is 5. The second-order valence-corrected chi connectivity index (χ2v) is 24.0. The topological polar surface area (TPSA) is 301 Å². The minimum absolute atomic E-state index is 0.0124. The molecule has 6 heterocycles. The van der Waals surface area contributed by atoms with E-state index in [2.05, 4.69) is 17.6 Å². The Balaban J connectivity index is 0.986. The molecule has 22 nitrogen and oxygen atoms in total. The highest BCUT2D eigenvalue weighted by Crippen LogP contribution is 2.55. The van der Waals surface area contributed by atoms with Gasteiger partial charge in [-0.05, 0) is 70.9 Å². The lowest BCUT2D eigenvalue weighted by Crippen LogP contribution is -2.46. The van der Waals surface area contributed by atoms with Gasteiger partial charge in [0.2, 0.25) is 5.43 Å². The number of carbonyl (C=O) groups excluding carboxylic acids is 3. The minimum Gasteiger partial charge on any atom is -0.507 e. The summed E-state index contributed by atoms with van der Waals surface area (Å²) >= 11 is 0. The molecule has 464 valence electrons. The van der Waals surface area contributed by atoms with Gasteiger partial charge < -0.3 is 74.4 Å². The molecular formula is C63H79FN6O16. The Kier molecular flexibility index (Phi) is 18.2. The van der Waals surface area contributed by atoms with Crippen LogP contribution >= 0.6 is 0 Å². The van der Waals surface area contributed by atoms with Crippen LogP contribution in [0.3, 0.4) is 0 Å². The summed E-state index contributed by atoms with van der Waals surface area (Å²) in [4.78, 5) is 68.6. The van der Waals surface area contributed by atoms with Gasteiger partial charge in [-0.15, -0.1) is 0 Å². The van der Waals surface area contributed by atoms with E-state index in [4.69, 9.17) is 28.8 Å². The summed E-state index contributed by atoms with van der Waals surface area (Å²) in [5.41, 5.74) is -1.22. The molecule has 8 N–H and O–H groups in total. The quantitative estimate of drug-likeness (QED) is 0.0311. The van der Waals surface area contributed by atoms with Gasteiger partial charge in [-0.3, -0.25) is 24.2 Å². The van der Waals surface area contributed by atoms with Crippen molar-refractivity contribution >= 4 is 62.9 Å². The number of aromatic carboxylic acids is 1. The Morgan fingerprint density at radius 1 is 0.930 bits per heavy atom. The number of methoxy groups -OCH3 is 2. The molecule has 2 unspecified atom stereocenters. The van der Waals surface area contributed by atoms with E-state index in [1.54, 1.807) is 49.4 Å². The molecule has 0 radical (unpaired) electrons. The van der Waals surface area contributed by atoms with E-state index < -0.39 is 112 Å². The number of esters is 1. The highest BCUT2D eigenvalue weighted by atomic mass is 19.1. The molecular weight excluding hydrogens is 1120 g/mol. The van der Waals surface area contributed by atoms with Crippen LogP contribution < -0.4 is 30.4 Å². The van der Waals surface area contributed by atoms with Crippen LogP contribution in [0.2, 0.25) is 0 Å². The van der Waals surface area contributed by atoms with Crippen molar-refractivity contribution in [2.45, 2.75) is 143 Å². The van der Waals surface area contributed by atoms with Crippen molar-refractivity contribution in [2.75, 3.05) is 50.6 Å². The number of anilines is 2. The lowest BCUT2D eigenvalue weighted by molar-refractivity contribution is -0.160. The summed E-state index contributed by atoms with van der Waals surface area (Å²) in [6.45, 7) is 16.3. The number of fused-ring (bicyclic) bond motifs is 15. The average Bonchev–Trinajstić information content (AvgIpc) is 1.44. The Bertz CT molecular complexity index is 3530. The molecule has 3 aromatic carbocycles. The Hall–Kier alpha value is -7.73. The number of aliphatic hydroxyl groups excluding tert-OH is 2. The summed E-state index contributed by atoms with van der Waals surface area (Å²) in [6, 6.07) is 1.11. The number of amides is 1. The van der Waals surface area contributed by atoms with E-state index >= 15 is 4.39 Å². The van der Waals surface area contributed by atoms with Gasteiger partial charge >= 0.3 is 17.7 Å². The Morgan fingerprint density at radius 2 is 1.63 bits per heavy atom. The van der Waals surface area contributed by atoms with E-state index in [1.165, 1.54) is 72.7 Å². The normalized spacial score (nSPS) is 28.8. The number of carbonyl (C=O) groups is 4. The number of ketones is 1. The number of pyridine rings is 1. The number of carboxylic acids is 1. The van der Waals surface area contributed by atoms with Crippen LogP contribution in [0.5, 0.6) is 28.7 Å². The molecule has 11 atom stereocenters. The monoisotopic (exact) mass is 1190 g/mol. The highest BCUT2D eigenvalue weighted by Gasteiger charge is 2.50. The number of phenolic OH excluding ortho intramolecular Hbond substituents is 3. The summed E-state index contributed by atoms with van der Waals surface area (Å²) in [6.07, 6.45) is 9.46. The number of hydrazone groups is 1. The lowest BCUT2D eigenvalue weighted by Gasteiger charge is -2.38. The van der Waals surface area contributed by atoms with Crippen LogP contribution in [0, 0.1) is 42.3 Å². The SMILES string of the molecule is COc1c(N2CCC(C(C)NC3CCN(/N=C/c4c5c(O)c6c(O)c(C)c7c(c6c4O)C(=O)[C@@](C)(O/C=C/[C@H](OC)[C@@H](C)[C@@H](OC(C)=O)[C@H](C)[C@H](O)[C@H](C)[C@@H](O)[C@H](C)/C=C/C=C(/C)C(=O)N5)O7)CC3)C2)c(F)cc2c(=O)c(C(=O)O)cn(C3CC3)c12. The molecule has 5 aliphatic heterocycles. The first kappa shape index (κ1) is 62.8. The van der Waals surface area contributed by atoms with Crippen LogP contribution in [0.15, 0.2) is 58.3 Å². The largest absolute Gasteiger partial charge is 0.507 e. The zero-order valence-corrected chi connectivity index (χ0v) is 50.3. The van der Waals surface area contributed by atoms with Crippen LogP contribution in [0.4, 0.5) is 15.8 Å². The summed E-state index contributed by atoms with van der Waals surface area (Å²) in [7, 11) is 2.84. The van der Waals surface area contributed by atoms with Crippen molar-refractivity contribution in [2.24, 2.45) is 34.7 Å². The molecule has 2 saturated heterocycles. The van der Waals surface area contributed by atoms with E-state index in [0.717, 1.165) is 25.3 Å². The maximum Gasteiger partial charge on any atom is 0.341 e. The highest BCUT2D eigenvalue weighted by molar-refractivity contribution is 6.24. The number of phenols is 3. The molecule has 5 bridgehead atoms. The summed E-state index contributed by atoms with van der Waals surface area (Å²) in [5, 5.41) is 81.8. The number of Topliss-reactive ketones (excluding diaryl/α,β-unsaturated/α-hetero) is 1. The fraction of sp³-hybridized carbons (Fsp3) is 0.524. The fourth-order valence-electron chi connectivity index (χ4n) is 12.8. The zero-order valence-electron chi connectivity index (χ0n) is 50.3. The second-order valence-electron chi connectivity index (χ2n) is 24.0. The van der Waals surface area contributed by atoms with E-state index in [1.807, 2.05) is 4.90 Å². The second kappa shape index (κ2) is 24.9. The lowest BCUT2D eigenvalue weighted by atomic mass is 9.78. The molecule has 10 rings (SSSR count). The third kappa shape index (κ3) is 11.8. The first-order valence-electron chi connectivity index (χ1n) is 29.3. The number of nitrogens with one attached hydrogen (secondary N) is 2. The van der Waals surface area contributed by atoms with E-state index in [-0.39, 0.29) is 85.3 Å². The van der Waals surface area contributed by atoms with Crippen molar-refractivity contribution in [1.82, 2.24) is 14.9 Å². The third-order valence-corrected chi connectivity index (χ3v) is 18.2. The molecule has 1 amide bonds.